The highest BCUT2D eigenvalue weighted by Gasteiger charge is 2.38. The van der Waals surface area contributed by atoms with Gasteiger partial charge in [0.25, 0.3) is 5.56 Å². The van der Waals surface area contributed by atoms with Crippen LogP contribution in [-0.2, 0) is 11.8 Å². The van der Waals surface area contributed by atoms with Crippen molar-refractivity contribution in [2.24, 2.45) is 7.05 Å². The second kappa shape index (κ2) is 8.99. The van der Waals surface area contributed by atoms with Gasteiger partial charge < -0.3 is 28.4 Å². The number of morpholine rings is 1. The van der Waals surface area contributed by atoms with Gasteiger partial charge in [-0.25, -0.2) is 4.98 Å². The normalized spacial score (nSPS) is 25.7. The number of benzene rings is 1. The van der Waals surface area contributed by atoms with E-state index in [0.29, 0.717) is 29.7 Å². The van der Waals surface area contributed by atoms with Crippen LogP contribution < -0.4 is 24.7 Å². The van der Waals surface area contributed by atoms with Gasteiger partial charge >= 0.3 is 6.01 Å². The molecule has 0 amide bonds. The lowest BCUT2D eigenvalue weighted by atomic mass is 9.95. The van der Waals surface area contributed by atoms with Crippen LogP contribution in [0.2, 0.25) is 0 Å². The molecule has 10 nitrogen and oxygen atoms in total. The molecule has 2 aromatic heterocycles. The predicted molar refractivity (Wildman–Crippen MR) is 128 cm³/mol. The molecule has 0 spiro atoms. The largest absolute Gasteiger partial charge is 0.494 e. The van der Waals surface area contributed by atoms with Crippen LogP contribution in [0.15, 0.2) is 35.5 Å². The molecule has 2 unspecified atom stereocenters. The number of piperidine rings is 1. The molecule has 0 radical (unpaired) electrons. The van der Waals surface area contributed by atoms with Crippen LogP contribution in [0.5, 0.6) is 17.5 Å². The third kappa shape index (κ3) is 4.38. The Balaban J connectivity index is 1.19. The quantitative estimate of drug-likeness (QED) is 0.528. The van der Waals surface area contributed by atoms with Gasteiger partial charge in [0.2, 0.25) is 0 Å². The third-order valence-electron chi connectivity index (χ3n) is 7.17. The average molecular weight is 480 g/mol. The van der Waals surface area contributed by atoms with Crippen LogP contribution in [0.4, 0.5) is 5.69 Å². The van der Waals surface area contributed by atoms with Gasteiger partial charge in [0.1, 0.15) is 17.4 Å². The summed E-state index contributed by atoms with van der Waals surface area (Å²) in [6.07, 6.45) is 9.71. The number of rotatable bonds is 6. The van der Waals surface area contributed by atoms with E-state index in [1.165, 1.54) is 6.20 Å². The van der Waals surface area contributed by atoms with Crippen LogP contribution in [0, 0.1) is 0 Å². The molecule has 10 heteroatoms. The maximum atomic E-state index is 12.4. The Labute approximate surface area is 202 Å². The van der Waals surface area contributed by atoms with Crippen molar-refractivity contribution in [3.8, 4) is 17.5 Å². The minimum atomic E-state index is -0.153. The molecule has 1 aliphatic carbocycles. The van der Waals surface area contributed by atoms with Crippen LogP contribution in [-0.4, -0.2) is 64.1 Å². The van der Waals surface area contributed by atoms with Crippen LogP contribution >= 0.6 is 0 Å². The summed E-state index contributed by atoms with van der Waals surface area (Å²) in [4.78, 5) is 27.5. The van der Waals surface area contributed by atoms with Crippen LogP contribution in [0.1, 0.15) is 32.1 Å². The molecular formula is C25H29N5O5. The maximum Gasteiger partial charge on any atom is 0.316 e. The zero-order valence-electron chi connectivity index (χ0n) is 19.9. The highest BCUT2D eigenvalue weighted by molar-refractivity contribution is 5.86. The summed E-state index contributed by atoms with van der Waals surface area (Å²) in [5.41, 5.74) is 2.39. The molecule has 3 saturated heterocycles. The Bertz CT molecular complexity index is 1260. The van der Waals surface area contributed by atoms with E-state index in [-0.39, 0.29) is 17.8 Å². The van der Waals surface area contributed by atoms with Gasteiger partial charge in [0.15, 0.2) is 5.75 Å². The third-order valence-corrected chi connectivity index (χ3v) is 7.17. The summed E-state index contributed by atoms with van der Waals surface area (Å²) in [6, 6.07) is 4.46. The van der Waals surface area contributed by atoms with E-state index in [1.807, 2.05) is 6.07 Å². The molecular weight excluding hydrogens is 450 g/mol. The van der Waals surface area contributed by atoms with E-state index in [0.717, 1.165) is 61.9 Å². The Morgan fingerprint density at radius 2 is 1.60 bits per heavy atom. The highest BCUT2D eigenvalue weighted by Crippen LogP contribution is 2.37. The van der Waals surface area contributed by atoms with Gasteiger partial charge in [-0.15, -0.1) is 0 Å². The molecule has 1 saturated carbocycles. The molecule has 4 fully saturated rings. The van der Waals surface area contributed by atoms with Crippen molar-refractivity contribution in [2.75, 3.05) is 25.1 Å². The van der Waals surface area contributed by atoms with E-state index in [9.17, 15) is 4.79 Å². The highest BCUT2D eigenvalue weighted by atomic mass is 16.5. The number of aryl methyl sites for hydroxylation is 1. The topological polar surface area (TPSA) is 101 Å². The Morgan fingerprint density at radius 1 is 0.943 bits per heavy atom. The lowest BCUT2D eigenvalue weighted by Crippen LogP contribution is -2.57. The SMILES string of the molecule is COc1cnc(OC2CCC(Oc3cc(N4CC5CC(C4)O5)cc4ncc(=O)n(C)c34)CC2)nc1. The van der Waals surface area contributed by atoms with Crippen LogP contribution in [0.3, 0.4) is 0 Å². The average Bonchev–Trinajstić information content (AvgIpc) is 2.87. The number of ether oxygens (including phenoxy) is 4. The van der Waals surface area contributed by atoms with E-state index >= 15 is 0 Å². The van der Waals surface area contributed by atoms with Gasteiger partial charge in [-0.05, 0) is 31.7 Å². The summed E-state index contributed by atoms with van der Waals surface area (Å²) < 4.78 is 25.0. The molecule has 3 aliphatic heterocycles. The smallest absolute Gasteiger partial charge is 0.316 e. The predicted octanol–water partition coefficient (Wildman–Crippen LogP) is 2.48. The molecule has 7 rings (SSSR count). The molecule has 5 heterocycles. The molecule has 0 N–H and O–H groups in total. The van der Waals surface area contributed by atoms with E-state index < -0.39 is 0 Å². The molecule has 2 atom stereocenters. The number of hydrogen-bond donors (Lipinski definition) is 0. The van der Waals surface area contributed by atoms with Crippen molar-refractivity contribution in [3.63, 3.8) is 0 Å². The number of hydrogen-bond acceptors (Lipinski definition) is 9. The zero-order chi connectivity index (χ0) is 23.9. The first-order valence-corrected chi connectivity index (χ1v) is 12.2. The molecule has 35 heavy (non-hydrogen) atoms. The lowest BCUT2D eigenvalue weighted by Gasteiger charge is -2.48. The maximum absolute atomic E-state index is 12.4. The summed E-state index contributed by atoms with van der Waals surface area (Å²) >= 11 is 0. The van der Waals surface area contributed by atoms with E-state index in [4.69, 9.17) is 18.9 Å². The van der Waals surface area contributed by atoms with Crippen molar-refractivity contribution < 1.29 is 18.9 Å². The van der Waals surface area contributed by atoms with Gasteiger partial charge in [0.05, 0.1) is 49.5 Å². The number of methoxy groups -OCH3 is 1. The minimum Gasteiger partial charge on any atom is -0.494 e. The van der Waals surface area contributed by atoms with Gasteiger partial charge in [0, 0.05) is 38.3 Å². The summed E-state index contributed by atoms with van der Waals surface area (Å²) in [6.45, 7) is 1.73. The zero-order valence-corrected chi connectivity index (χ0v) is 19.9. The van der Waals surface area contributed by atoms with Crippen molar-refractivity contribution in [3.05, 3.63) is 41.1 Å². The number of nitrogens with zero attached hydrogens (tertiary/aromatic N) is 5. The lowest BCUT2D eigenvalue weighted by molar-refractivity contribution is -0.133. The van der Waals surface area contributed by atoms with Gasteiger partial charge in [-0.3, -0.25) is 4.79 Å². The summed E-state index contributed by atoms with van der Waals surface area (Å²) in [5, 5.41) is 0. The molecule has 3 aromatic rings. The van der Waals surface area contributed by atoms with Crippen molar-refractivity contribution in [1.82, 2.24) is 19.5 Å². The Hall–Kier alpha value is -3.40. The first kappa shape index (κ1) is 22.1. The van der Waals surface area contributed by atoms with Crippen molar-refractivity contribution in [1.29, 1.82) is 0 Å². The Kier molecular flexibility index (Phi) is 5.68. The molecule has 2 bridgehead atoms. The second-order valence-corrected chi connectivity index (χ2v) is 9.53. The minimum absolute atomic E-state index is 0.0264. The van der Waals surface area contributed by atoms with Gasteiger partial charge in [-0.1, -0.05) is 0 Å². The molecule has 184 valence electrons. The standard InChI is InChI=1S/C25H29N5O5/c1-29-23(31)12-26-21-7-15(30-13-18-9-19(14-30)33-18)8-22(24(21)29)34-16-3-5-17(6-4-16)35-25-27-10-20(32-2)11-28-25/h7-8,10-12,16-19H,3-6,9,13-14H2,1-2H3. The number of anilines is 1. The Morgan fingerprint density at radius 3 is 2.26 bits per heavy atom. The fourth-order valence-electron chi connectivity index (χ4n) is 5.24. The molecule has 1 aromatic carbocycles. The monoisotopic (exact) mass is 479 g/mol. The van der Waals surface area contributed by atoms with Gasteiger partial charge in [-0.2, -0.15) is 9.97 Å². The fraction of sp³-hybridized carbons (Fsp3) is 0.520. The number of aromatic nitrogens is 4. The summed E-state index contributed by atoms with van der Waals surface area (Å²) in [5.74, 6) is 1.30. The first-order chi connectivity index (χ1) is 17.1. The fourth-order valence-corrected chi connectivity index (χ4v) is 5.24. The van der Waals surface area contributed by atoms with Crippen LogP contribution in [0.25, 0.3) is 11.0 Å². The first-order valence-electron chi connectivity index (χ1n) is 12.2. The van der Waals surface area contributed by atoms with Crippen molar-refractivity contribution in [2.45, 2.75) is 56.5 Å². The van der Waals surface area contributed by atoms with E-state index in [1.54, 1.807) is 31.1 Å². The van der Waals surface area contributed by atoms with E-state index in [2.05, 4.69) is 25.9 Å². The second-order valence-electron chi connectivity index (χ2n) is 9.53. The number of fused-ring (bicyclic) bond motifs is 3. The van der Waals surface area contributed by atoms with Crippen molar-refractivity contribution >= 4 is 16.7 Å². The summed E-state index contributed by atoms with van der Waals surface area (Å²) in [7, 11) is 3.35. The molecule has 4 aliphatic rings.